The lowest BCUT2D eigenvalue weighted by Gasteiger charge is -2.10. The molecule has 1 aromatic carbocycles. The van der Waals surface area contributed by atoms with Gasteiger partial charge in [-0.2, -0.15) is 0 Å². The van der Waals surface area contributed by atoms with Crippen LogP contribution in [0.25, 0.3) is 0 Å². The summed E-state index contributed by atoms with van der Waals surface area (Å²) in [6, 6.07) is 6.82. The summed E-state index contributed by atoms with van der Waals surface area (Å²) in [5.74, 6) is 0.635. The third kappa shape index (κ3) is 4.28. The lowest BCUT2D eigenvalue weighted by molar-refractivity contribution is -0.124. The van der Waals surface area contributed by atoms with Gasteiger partial charge in [-0.25, -0.2) is 4.79 Å². The first-order chi connectivity index (χ1) is 11.5. The molecule has 24 heavy (non-hydrogen) atoms. The van der Waals surface area contributed by atoms with Crippen LogP contribution in [0.5, 0.6) is 11.5 Å². The van der Waals surface area contributed by atoms with Crippen LogP contribution in [-0.4, -0.2) is 32.7 Å². The maximum Gasteiger partial charge on any atom is 0.342 e. The number of ether oxygens (including phenoxy) is 3. The van der Waals surface area contributed by atoms with Crippen molar-refractivity contribution in [1.82, 2.24) is 5.32 Å². The molecule has 0 aliphatic carbocycles. The molecule has 0 aliphatic heterocycles. The second kappa shape index (κ2) is 8.05. The number of rotatable bonds is 7. The molecule has 0 radical (unpaired) electrons. The van der Waals surface area contributed by atoms with Crippen molar-refractivity contribution in [3.63, 3.8) is 0 Å². The molecule has 7 nitrogen and oxygen atoms in total. The summed E-state index contributed by atoms with van der Waals surface area (Å²) < 4.78 is 20.3. The fourth-order valence-electron chi connectivity index (χ4n) is 2.05. The number of methoxy groups -OCH3 is 2. The van der Waals surface area contributed by atoms with Crippen LogP contribution in [0.3, 0.4) is 0 Å². The molecular formula is C17H19NO6. The molecule has 0 spiro atoms. The van der Waals surface area contributed by atoms with Crippen molar-refractivity contribution in [2.45, 2.75) is 13.5 Å². The summed E-state index contributed by atoms with van der Waals surface area (Å²) >= 11 is 0. The molecule has 1 aromatic heterocycles. The van der Waals surface area contributed by atoms with Crippen LogP contribution >= 0.6 is 0 Å². The second-order valence-electron chi connectivity index (χ2n) is 4.93. The molecule has 1 amide bonds. The van der Waals surface area contributed by atoms with Gasteiger partial charge >= 0.3 is 5.97 Å². The molecule has 0 saturated carbocycles. The average molecular weight is 333 g/mol. The summed E-state index contributed by atoms with van der Waals surface area (Å²) in [5, 5.41) is 2.67. The van der Waals surface area contributed by atoms with Crippen LogP contribution in [0.2, 0.25) is 0 Å². The number of hydrogen-bond donors (Lipinski definition) is 1. The van der Waals surface area contributed by atoms with Gasteiger partial charge < -0.3 is 23.9 Å². The molecular weight excluding hydrogens is 314 g/mol. The molecule has 0 atom stereocenters. The molecule has 128 valence electrons. The van der Waals surface area contributed by atoms with E-state index < -0.39 is 11.9 Å². The third-order valence-corrected chi connectivity index (χ3v) is 3.35. The van der Waals surface area contributed by atoms with Crippen molar-refractivity contribution < 1.29 is 28.2 Å². The van der Waals surface area contributed by atoms with Gasteiger partial charge in [-0.3, -0.25) is 4.79 Å². The predicted molar refractivity (Wildman–Crippen MR) is 85.1 cm³/mol. The van der Waals surface area contributed by atoms with E-state index in [1.165, 1.54) is 19.4 Å². The summed E-state index contributed by atoms with van der Waals surface area (Å²) in [7, 11) is 3.09. The summed E-state index contributed by atoms with van der Waals surface area (Å²) in [6.45, 7) is 1.56. The van der Waals surface area contributed by atoms with E-state index in [1.54, 1.807) is 26.2 Å². The largest absolute Gasteiger partial charge is 0.493 e. The fraction of sp³-hybridized carbons (Fsp3) is 0.294. The summed E-state index contributed by atoms with van der Waals surface area (Å²) in [4.78, 5) is 23.6. The highest BCUT2D eigenvalue weighted by molar-refractivity contribution is 5.92. The number of carbonyl (C=O) groups excluding carboxylic acids is 2. The Kier molecular flexibility index (Phi) is 5.83. The Morgan fingerprint density at radius 3 is 2.50 bits per heavy atom. The van der Waals surface area contributed by atoms with Gasteiger partial charge in [-0.1, -0.05) is 6.07 Å². The van der Waals surface area contributed by atoms with Gasteiger partial charge in [-0.05, 0) is 30.7 Å². The SMILES string of the molecule is COc1ccc(CNC(=O)COC(=O)c2ccoc2C)cc1OC. The normalized spacial score (nSPS) is 10.1. The van der Waals surface area contributed by atoms with Crippen molar-refractivity contribution in [1.29, 1.82) is 0 Å². The topological polar surface area (TPSA) is 87.0 Å². The number of aryl methyl sites for hydroxylation is 1. The zero-order valence-electron chi connectivity index (χ0n) is 13.8. The number of esters is 1. The Labute approximate surface area is 139 Å². The number of benzene rings is 1. The first-order valence-electron chi connectivity index (χ1n) is 7.24. The quantitative estimate of drug-likeness (QED) is 0.781. The highest BCUT2D eigenvalue weighted by atomic mass is 16.5. The Morgan fingerprint density at radius 1 is 1.12 bits per heavy atom. The van der Waals surface area contributed by atoms with E-state index in [2.05, 4.69) is 5.32 Å². The van der Waals surface area contributed by atoms with Crippen LogP contribution in [0.4, 0.5) is 0 Å². The van der Waals surface area contributed by atoms with E-state index in [9.17, 15) is 9.59 Å². The molecule has 0 saturated heterocycles. The monoisotopic (exact) mass is 333 g/mol. The number of nitrogens with one attached hydrogen (secondary N) is 1. The Hall–Kier alpha value is -2.96. The standard InChI is InChI=1S/C17H19NO6/c1-11-13(6-7-23-11)17(20)24-10-16(19)18-9-12-4-5-14(21-2)15(8-12)22-3/h4-8H,9-10H2,1-3H3,(H,18,19). The molecule has 0 unspecified atom stereocenters. The van der Waals surface area contributed by atoms with E-state index in [0.717, 1.165) is 5.56 Å². The van der Waals surface area contributed by atoms with Crippen molar-refractivity contribution in [3.8, 4) is 11.5 Å². The summed E-state index contributed by atoms with van der Waals surface area (Å²) in [6.07, 6.45) is 1.39. The van der Waals surface area contributed by atoms with Gasteiger partial charge in [0, 0.05) is 6.54 Å². The van der Waals surface area contributed by atoms with Gasteiger partial charge in [-0.15, -0.1) is 0 Å². The molecule has 7 heteroatoms. The Morgan fingerprint density at radius 2 is 1.88 bits per heavy atom. The lowest BCUT2D eigenvalue weighted by atomic mass is 10.2. The van der Waals surface area contributed by atoms with Gasteiger partial charge in [0.25, 0.3) is 5.91 Å². The minimum absolute atomic E-state index is 0.279. The zero-order valence-corrected chi connectivity index (χ0v) is 13.8. The maximum atomic E-state index is 11.8. The first kappa shape index (κ1) is 17.4. The summed E-state index contributed by atoms with van der Waals surface area (Å²) in [5.41, 5.74) is 1.14. The fourth-order valence-corrected chi connectivity index (χ4v) is 2.05. The van der Waals surface area contributed by atoms with E-state index in [4.69, 9.17) is 18.6 Å². The zero-order chi connectivity index (χ0) is 17.5. The Balaban J connectivity index is 1.83. The molecule has 2 aromatic rings. The van der Waals surface area contributed by atoms with E-state index in [-0.39, 0.29) is 13.2 Å². The van der Waals surface area contributed by atoms with Gasteiger partial charge in [0.2, 0.25) is 0 Å². The maximum absolute atomic E-state index is 11.8. The van der Waals surface area contributed by atoms with Crippen molar-refractivity contribution in [2.75, 3.05) is 20.8 Å². The number of amides is 1. The molecule has 2 rings (SSSR count). The van der Waals surface area contributed by atoms with Gasteiger partial charge in [0.1, 0.15) is 11.3 Å². The van der Waals surface area contributed by atoms with Crippen molar-refractivity contribution in [3.05, 3.63) is 47.4 Å². The third-order valence-electron chi connectivity index (χ3n) is 3.35. The number of hydrogen-bond acceptors (Lipinski definition) is 6. The van der Waals surface area contributed by atoms with Crippen molar-refractivity contribution in [2.24, 2.45) is 0 Å². The average Bonchev–Trinajstić information content (AvgIpc) is 3.03. The highest BCUT2D eigenvalue weighted by Gasteiger charge is 2.14. The molecule has 0 aliphatic rings. The molecule has 1 N–H and O–H groups in total. The molecule has 1 heterocycles. The van der Waals surface area contributed by atoms with Crippen LogP contribution in [-0.2, 0) is 16.1 Å². The van der Waals surface area contributed by atoms with Crippen LogP contribution in [0.1, 0.15) is 21.7 Å². The minimum Gasteiger partial charge on any atom is -0.493 e. The van der Waals surface area contributed by atoms with E-state index >= 15 is 0 Å². The first-order valence-corrected chi connectivity index (χ1v) is 7.24. The lowest BCUT2D eigenvalue weighted by Crippen LogP contribution is -2.28. The minimum atomic E-state index is -0.595. The van der Waals surface area contributed by atoms with Crippen LogP contribution in [0, 0.1) is 6.92 Å². The molecule has 0 bridgehead atoms. The van der Waals surface area contributed by atoms with Crippen LogP contribution in [0.15, 0.2) is 34.9 Å². The number of carbonyl (C=O) groups is 2. The van der Waals surface area contributed by atoms with Crippen molar-refractivity contribution >= 4 is 11.9 Å². The smallest absolute Gasteiger partial charge is 0.342 e. The number of furan rings is 1. The van der Waals surface area contributed by atoms with Gasteiger partial charge in [0.05, 0.1) is 20.5 Å². The molecule has 0 fully saturated rings. The second-order valence-corrected chi connectivity index (χ2v) is 4.93. The van der Waals surface area contributed by atoms with Gasteiger partial charge in [0.15, 0.2) is 18.1 Å². The van der Waals surface area contributed by atoms with E-state index in [1.807, 2.05) is 6.07 Å². The Bertz CT molecular complexity index is 722. The van der Waals surface area contributed by atoms with E-state index in [0.29, 0.717) is 22.8 Å². The predicted octanol–water partition coefficient (Wildman–Crippen LogP) is 2.08. The highest BCUT2D eigenvalue weighted by Crippen LogP contribution is 2.27. The van der Waals surface area contributed by atoms with Crippen LogP contribution < -0.4 is 14.8 Å².